The maximum absolute atomic E-state index is 12.5. The van der Waals surface area contributed by atoms with Crippen molar-refractivity contribution < 1.29 is 4.39 Å². The van der Waals surface area contributed by atoms with Gasteiger partial charge in [0, 0.05) is 0 Å². The lowest BCUT2D eigenvalue weighted by Gasteiger charge is -1.84. The topological polar surface area (TPSA) is 49.6 Å². The van der Waals surface area contributed by atoms with Crippen molar-refractivity contribution >= 4 is 26.8 Å². The fraction of sp³-hybridized carbons (Fsp3) is 0. The molecule has 5 heteroatoms. The molecule has 2 aromatic rings. The Bertz CT molecular complexity index is 398. The number of fused-ring (bicyclic) bond motifs is 1. The Kier molecular flexibility index (Phi) is 1.25. The van der Waals surface area contributed by atoms with Crippen molar-refractivity contribution in [1.82, 2.24) is 15.7 Å². The highest BCUT2D eigenvalue weighted by molar-refractivity contribution is 7.21. The zero-order valence-corrected chi connectivity index (χ0v) is 6.15. The molecule has 0 aliphatic heterocycles. The predicted octanol–water partition coefficient (Wildman–Crippen LogP) is 1.74. The van der Waals surface area contributed by atoms with Gasteiger partial charge in [0.05, 0.1) is 0 Å². The third kappa shape index (κ3) is 1.03. The summed E-state index contributed by atoms with van der Waals surface area (Å²) in [6.45, 7) is 0. The standard InChI is InChI=1S/C6H3FN3S/c7-4-2-1-3-5(10-4)11-6(8)9-3/h1-2,8H. The molecule has 1 N–H and O–H groups in total. The Hall–Kier alpha value is -1.23. The number of hydrogen-bond acceptors (Lipinski definition) is 3. The van der Waals surface area contributed by atoms with Crippen molar-refractivity contribution in [3.05, 3.63) is 18.1 Å². The lowest BCUT2D eigenvalue weighted by Crippen LogP contribution is -1.78. The van der Waals surface area contributed by atoms with Crippen LogP contribution in [0.1, 0.15) is 0 Å². The summed E-state index contributed by atoms with van der Waals surface area (Å²) in [6.07, 6.45) is 0. The second-order valence-corrected chi connectivity index (χ2v) is 2.95. The summed E-state index contributed by atoms with van der Waals surface area (Å²) in [6, 6.07) is 2.76. The first kappa shape index (κ1) is 6.48. The van der Waals surface area contributed by atoms with E-state index in [0.717, 1.165) is 11.3 Å². The van der Waals surface area contributed by atoms with Gasteiger partial charge in [0.15, 0.2) is 0 Å². The number of nitrogens with zero attached hydrogens (tertiary/aromatic N) is 2. The van der Waals surface area contributed by atoms with Crippen LogP contribution in [-0.4, -0.2) is 9.97 Å². The molecule has 0 amide bonds. The van der Waals surface area contributed by atoms with Crippen molar-refractivity contribution in [3.63, 3.8) is 0 Å². The summed E-state index contributed by atoms with van der Waals surface area (Å²) in [5.41, 5.74) is 7.72. The first-order chi connectivity index (χ1) is 5.25. The van der Waals surface area contributed by atoms with Crippen molar-refractivity contribution in [2.24, 2.45) is 0 Å². The Morgan fingerprint density at radius 2 is 2.18 bits per heavy atom. The number of nitrogens with one attached hydrogen (secondary N) is 1. The van der Waals surface area contributed by atoms with Crippen LogP contribution in [-0.2, 0) is 0 Å². The van der Waals surface area contributed by atoms with E-state index < -0.39 is 5.95 Å². The highest BCUT2D eigenvalue weighted by Crippen LogP contribution is 2.22. The van der Waals surface area contributed by atoms with Crippen LogP contribution in [0, 0.1) is 5.95 Å². The molecule has 3 nitrogen and oxygen atoms in total. The maximum Gasteiger partial charge on any atom is 0.214 e. The van der Waals surface area contributed by atoms with Crippen LogP contribution in [0.15, 0.2) is 12.1 Å². The van der Waals surface area contributed by atoms with E-state index in [0.29, 0.717) is 10.3 Å². The fourth-order valence-corrected chi connectivity index (χ4v) is 1.47. The molecule has 0 saturated heterocycles. The average Bonchev–Trinajstić information content (AvgIpc) is 2.27. The molecule has 0 atom stereocenters. The third-order valence-corrected chi connectivity index (χ3v) is 2.00. The van der Waals surface area contributed by atoms with Crippen LogP contribution in [0.25, 0.3) is 10.3 Å². The molecule has 0 fully saturated rings. The molecule has 2 aromatic heterocycles. The van der Waals surface area contributed by atoms with Gasteiger partial charge < -0.3 is 0 Å². The molecule has 0 spiro atoms. The largest absolute Gasteiger partial charge is 0.273 e. The van der Waals surface area contributed by atoms with Crippen LogP contribution in [0.2, 0.25) is 0 Å². The predicted molar refractivity (Wildman–Crippen MR) is 40.1 cm³/mol. The normalized spacial score (nSPS) is 10.6. The number of pyridine rings is 1. The summed E-state index contributed by atoms with van der Waals surface area (Å²) >= 11 is 1.07. The highest BCUT2D eigenvalue weighted by atomic mass is 32.1. The van der Waals surface area contributed by atoms with E-state index in [9.17, 15) is 4.39 Å². The molecule has 0 aromatic carbocycles. The molecule has 0 aliphatic rings. The highest BCUT2D eigenvalue weighted by Gasteiger charge is 2.02. The maximum atomic E-state index is 12.5. The van der Waals surface area contributed by atoms with Crippen molar-refractivity contribution in [2.75, 3.05) is 0 Å². The number of rotatable bonds is 0. The van der Waals surface area contributed by atoms with Crippen LogP contribution in [0.4, 0.5) is 9.52 Å². The van der Waals surface area contributed by atoms with E-state index in [4.69, 9.17) is 5.73 Å². The molecule has 11 heavy (non-hydrogen) atoms. The zero-order chi connectivity index (χ0) is 7.84. The van der Waals surface area contributed by atoms with E-state index >= 15 is 0 Å². The lowest BCUT2D eigenvalue weighted by atomic mass is 10.4. The van der Waals surface area contributed by atoms with Gasteiger partial charge in [-0.15, -0.1) is 0 Å². The first-order valence-corrected chi connectivity index (χ1v) is 3.72. The summed E-state index contributed by atoms with van der Waals surface area (Å²) in [4.78, 5) is 7.86. The Morgan fingerprint density at radius 1 is 1.36 bits per heavy atom. The van der Waals surface area contributed by atoms with Crippen molar-refractivity contribution in [1.29, 1.82) is 0 Å². The molecular weight excluding hydrogens is 165 g/mol. The molecule has 1 radical (unpaired) electrons. The second-order valence-electron chi connectivity index (χ2n) is 1.98. The number of thiazole rings is 1. The smallest absolute Gasteiger partial charge is 0.214 e. The van der Waals surface area contributed by atoms with E-state index in [1.54, 1.807) is 0 Å². The van der Waals surface area contributed by atoms with Gasteiger partial charge in [-0.3, -0.25) is 5.73 Å². The molecular formula is C6H3FN3S. The minimum Gasteiger partial charge on any atom is -0.273 e. The van der Waals surface area contributed by atoms with Gasteiger partial charge in [0.1, 0.15) is 10.3 Å². The zero-order valence-electron chi connectivity index (χ0n) is 5.34. The summed E-state index contributed by atoms with van der Waals surface area (Å²) in [5, 5.41) is 0.165. The van der Waals surface area contributed by atoms with Crippen molar-refractivity contribution in [3.8, 4) is 0 Å². The third-order valence-electron chi connectivity index (χ3n) is 1.22. The number of aromatic nitrogens is 2. The van der Waals surface area contributed by atoms with E-state index in [-0.39, 0.29) is 5.13 Å². The number of hydrogen-bond donors (Lipinski definition) is 0. The van der Waals surface area contributed by atoms with Gasteiger partial charge in [0.2, 0.25) is 11.1 Å². The van der Waals surface area contributed by atoms with Crippen LogP contribution >= 0.6 is 11.3 Å². The first-order valence-electron chi connectivity index (χ1n) is 2.90. The van der Waals surface area contributed by atoms with Gasteiger partial charge in [-0.05, 0) is 12.1 Å². The molecule has 2 rings (SSSR count). The van der Waals surface area contributed by atoms with Crippen LogP contribution in [0.3, 0.4) is 0 Å². The molecule has 0 aliphatic carbocycles. The monoisotopic (exact) mass is 168 g/mol. The summed E-state index contributed by atoms with van der Waals surface area (Å²) < 4.78 is 12.5. The number of halogens is 1. The van der Waals surface area contributed by atoms with Crippen LogP contribution < -0.4 is 5.73 Å². The SMILES string of the molecule is [NH]c1nc2ccc(F)nc2s1. The fourth-order valence-electron chi connectivity index (χ4n) is 0.795. The Labute approximate surface area is 65.7 Å². The second kappa shape index (κ2) is 2.13. The molecule has 0 saturated carbocycles. The Balaban J connectivity index is 2.82. The summed E-state index contributed by atoms with van der Waals surface area (Å²) in [5.74, 6) is -0.527. The summed E-state index contributed by atoms with van der Waals surface area (Å²) in [7, 11) is 0. The van der Waals surface area contributed by atoms with E-state index in [1.165, 1.54) is 12.1 Å². The molecule has 55 valence electrons. The van der Waals surface area contributed by atoms with Crippen LogP contribution in [0.5, 0.6) is 0 Å². The quantitative estimate of drug-likeness (QED) is 0.562. The van der Waals surface area contributed by atoms with Gasteiger partial charge in [0.25, 0.3) is 0 Å². The minimum absolute atomic E-state index is 0.165. The lowest BCUT2D eigenvalue weighted by molar-refractivity contribution is 0.589. The Morgan fingerprint density at radius 3 is 3.00 bits per heavy atom. The molecule has 0 bridgehead atoms. The van der Waals surface area contributed by atoms with E-state index in [1.807, 2.05) is 0 Å². The van der Waals surface area contributed by atoms with Crippen molar-refractivity contribution in [2.45, 2.75) is 0 Å². The molecule has 0 unspecified atom stereocenters. The van der Waals surface area contributed by atoms with Gasteiger partial charge >= 0.3 is 0 Å². The minimum atomic E-state index is -0.527. The van der Waals surface area contributed by atoms with Gasteiger partial charge in [-0.1, -0.05) is 11.3 Å². The van der Waals surface area contributed by atoms with E-state index in [2.05, 4.69) is 9.97 Å². The molecule has 2 heterocycles. The average molecular weight is 168 g/mol. The van der Waals surface area contributed by atoms with Gasteiger partial charge in [-0.25, -0.2) is 9.97 Å². The van der Waals surface area contributed by atoms with Gasteiger partial charge in [-0.2, -0.15) is 4.39 Å².